The first-order valence-corrected chi connectivity index (χ1v) is 15.7. The van der Waals surface area contributed by atoms with Gasteiger partial charge >= 0.3 is 56.5 Å². The predicted octanol–water partition coefficient (Wildman–Crippen LogP) is 4.37. The fourth-order valence-corrected chi connectivity index (χ4v) is 21.3. The van der Waals surface area contributed by atoms with Crippen LogP contribution in [0.15, 0.2) is 27.6 Å². The minimum absolute atomic E-state index is 0. The molecule has 1 atom stereocenters. The quantitative estimate of drug-likeness (QED) is 0.215. The summed E-state index contributed by atoms with van der Waals surface area (Å²) >= 11 is 0. The second-order valence-corrected chi connectivity index (χ2v) is 20.9. The van der Waals surface area contributed by atoms with Gasteiger partial charge in [0.05, 0.1) is 30.5 Å². The van der Waals surface area contributed by atoms with Crippen LogP contribution in [0.1, 0.15) is 5.76 Å². The summed E-state index contributed by atoms with van der Waals surface area (Å²) in [6.45, 7) is 37.5. The normalized spacial score (nSPS) is 12.9. The van der Waals surface area contributed by atoms with E-state index in [-0.39, 0.29) is 29.1 Å². The van der Waals surface area contributed by atoms with Crippen LogP contribution in [0.2, 0.25) is 39.3 Å². The average molecular weight is 607 g/mol. The Hall–Kier alpha value is -0.798. The minimum atomic E-state index is -1.14. The molecule has 150 valence electrons. The fraction of sp³-hybridized carbons (Fsp3) is 0.412. The van der Waals surface area contributed by atoms with E-state index >= 15 is 0 Å². The van der Waals surface area contributed by atoms with E-state index in [1.165, 1.54) is 5.45 Å². The molecule has 1 aliphatic heterocycles. The molecule has 0 spiro atoms. The summed E-state index contributed by atoms with van der Waals surface area (Å²) in [4.78, 5) is 0.880. The van der Waals surface area contributed by atoms with Crippen molar-refractivity contribution in [1.82, 2.24) is 0 Å². The van der Waals surface area contributed by atoms with Crippen LogP contribution in [0.5, 0.6) is 0 Å². The van der Waals surface area contributed by atoms with E-state index in [0.29, 0.717) is 0 Å². The standard InChI is InChI=1S/C12H22NOPSi2.5CO.W/c1-16(2,3)12(17(4,5)6)15-11(13-15)10-8-7-9-14-10;5*1-2;/h7-9,12H,1-6H3;;;;;;/t15-;;;;;;/m0....../s1. The van der Waals surface area contributed by atoms with E-state index in [2.05, 4.69) is 72.5 Å². The molecular formula is C17H22NO6PSi2W. The van der Waals surface area contributed by atoms with Crippen LogP contribution < -0.4 is 0 Å². The van der Waals surface area contributed by atoms with Gasteiger partial charge in [0.2, 0.25) is 0 Å². The Balaban J connectivity index is -0.000000140. The Morgan fingerprint density at radius 1 is 0.821 bits per heavy atom. The molecule has 0 fully saturated rings. The van der Waals surface area contributed by atoms with Gasteiger partial charge in [-0.1, -0.05) is 39.3 Å². The molecule has 0 saturated carbocycles. The molecule has 0 saturated heterocycles. The van der Waals surface area contributed by atoms with Gasteiger partial charge in [-0.3, -0.25) is 0 Å². The third-order valence-electron chi connectivity index (χ3n) is 3.01. The van der Waals surface area contributed by atoms with E-state index in [1.807, 2.05) is 12.1 Å². The SMILES string of the molecule is C[Si](C)(C)C([P@@]1N=C1c1ccco1)[Si](C)(C)C.[C-]#[O+].[C-]#[O+].[C-]#[O+].[C-]#[O+].[C-]#[O+].[W]. The van der Waals surface area contributed by atoms with Gasteiger partial charge < -0.3 is 4.42 Å². The van der Waals surface area contributed by atoms with E-state index in [0.717, 1.165) is 10.7 Å². The molecule has 1 aromatic heterocycles. The number of hydrogen-bond acceptors (Lipinski definition) is 2. The van der Waals surface area contributed by atoms with Crippen molar-refractivity contribution in [3.05, 3.63) is 57.4 Å². The van der Waals surface area contributed by atoms with Crippen LogP contribution in [-0.2, 0) is 44.3 Å². The topological polar surface area (TPSA) is 125 Å². The van der Waals surface area contributed by atoms with Gasteiger partial charge in [0, 0.05) is 21.1 Å². The van der Waals surface area contributed by atoms with Crippen LogP contribution in [0.4, 0.5) is 0 Å². The van der Waals surface area contributed by atoms with Crippen molar-refractivity contribution >= 4 is 29.7 Å². The van der Waals surface area contributed by atoms with Crippen molar-refractivity contribution < 1.29 is 48.7 Å². The summed E-state index contributed by atoms with van der Waals surface area (Å²) in [6.07, 6.45) is 1.75. The summed E-state index contributed by atoms with van der Waals surface area (Å²) in [6, 6.07) is 4.01. The predicted molar refractivity (Wildman–Crippen MR) is 102 cm³/mol. The summed E-state index contributed by atoms with van der Waals surface area (Å²) in [5.74, 6) is 1.01. The number of furan rings is 1. The Labute approximate surface area is 184 Å². The summed E-state index contributed by atoms with van der Waals surface area (Å²) < 4.78 is 47.8. The van der Waals surface area contributed by atoms with Gasteiger partial charge in [-0.2, -0.15) is 0 Å². The molecule has 1 aromatic rings. The van der Waals surface area contributed by atoms with Gasteiger partial charge in [-0.25, -0.2) is 4.76 Å². The zero-order valence-electron chi connectivity index (χ0n) is 16.6. The van der Waals surface area contributed by atoms with Crippen LogP contribution in [-0.4, -0.2) is 26.5 Å². The molecule has 0 bridgehead atoms. The summed E-state index contributed by atoms with van der Waals surface area (Å²) in [7, 11) is -2.52. The maximum atomic E-state index is 7.50. The minimum Gasteiger partial charge on any atom is 0 e. The van der Waals surface area contributed by atoms with Gasteiger partial charge in [0.25, 0.3) is 0 Å². The smallest absolute Gasteiger partial charge is 0 e. The second kappa shape index (κ2) is 20.9. The molecular weight excluding hydrogens is 585 g/mol. The Kier molecular flexibility index (Phi) is 28.3. The molecule has 1 aliphatic rings. The molecule has 0 aromatic carbocycles. The van der Waals surface area contributed by atoms with E-state index in [9.17, 15) is 0 Å². The molecule has 0 amide bonds. The fourth-order valence-electron chi connectivity index (χ4n) is 2.86. The van der Waals surface area contributed by atoms with Crippen LogP contribution in [0.25, 0.3) is 0 Å². The summed E-state index contributed by atoms with van der Waals surface area (Å²) in [5, 5.41) is 0. The first-order valence-electron chi connectivity index (χ1n) is 7.15. The van der Waals surface area contributed by atoms with Gasteiger partial charge in [-0.15, -0.1) is 0 Å². The van der Waals surface area contributed by atoms with Gasteiger partial charge in [0.15, 0.2) is 5.76 Å². The Morgan fingerprint density at radius 3 is 1.43 bits per heavy atom. The molecule has 0 N–H and O–H groups in total. The maximum absolute atomic E-state index is 7.50. The Bertz CT molecular complexity index is 591. The first-order chi connectivity index (χ1) is 12.7. The number of hydrogen-bond donors (Lipinski definition) is 0. The van der Waals surface area contributed by atoms with Crippen LogP contribution in [0, 0.1) is 33.3 Å². The number of rotatable bonds is 4. The van der Waals surface area contributed by atoms with Crippen LogP contribution in [0.3, 0.4) is 0 Å². The maximum Gasteiger partial charge on any atom is 0 e. The van der Waals surface area contributed by atoms with Crippen molar-refractivity contribution in [2.24, 2.45) is 4.76 Å². The second-order valence-electron chi connectivity index (χ2n) is 6.88. The first kappa shape index (κ1) is 37.9. The van der Waals surface area contributed by atoms with E-state index in [1.54, 1.807) is 6.26 Å². The zero-order chi connectivity index (χ0) is 22.8. The number of nitrogens with zero attached hydrogens (tertiary/aromatic N) is 1. The van der Waals surface area contributed by atoms with E-state index < -0.39 is 16.1 Å². The summed E-state index contributed by atoms with van der Waals surface area (Å²) in [5.41, 5.74) is 1.28. The molecule has 0 aliphatic carbocycles. The molecule has 2 heterocycles. The van der Waals surface area contributed by atoms with Crippen molar-refractivity contribution in [3.8, 4) is 0 Å². The molecule has 2 rings (SSSR count). The molecule has 0 radical (unpaired) electrons. The third-order valence-corrected chi connectivity index (χ3v) is 19.1. The third kappa shape index (κ3) is 14.2. The van der Waals surface area contributed by atoms with E-state index in [4.69, 9.17) is 32.4 Å². The van der Waals surface area contributed by atoms with Crippen molar-refractivity contribution in [3.63, 3.8) is 0 Å². The van der Waals surface area contributed by atoms with Gasteiger partial charge in [0.1, 0.15) is 5.45 Å². The molecule has 28 heavy (non-hydrogen) atoms. The molecule has 7 nitrogen and oxygen atoms in total. The van der Waals surface area contributed by atoms with Crippen LogP contribution >= 0.6 is 8.07 Å². The van der Waals surface area contributed by atoms with Gasteiger partial charge in [-0.05, 0) is 17.0 Å². The molecule has 0 unspecified atom stereocenters. The largest absolute Gasteiger partial charge is 0 e. The Morgan fingerprint density at radius 2 is 1.18 bits per heavy atom. The van der Waals surface area contributed by atoms with Crippen molar-refractivity contribution in [2.45, 2.75) is 44.2 Å². The molecule has 11 heteroatoms. The monoisotopic (exact) mass is 607 g/mol. The van der Waals surface area contributed by atoms with Crippen molar-refractivity contribution in [2.75, 3.05) is 0 Å². The zero-order valence-corrected chi connectivity index (χ0v) is 22.4. The van der Waals surface area contributed by atoms with Crippen molar-refractivity contribution in [1.29, 1.82) is 0 Å². The average Bonchev–Trinajstić information content (AvgIpc) is 3.21.